The van der Waals surface area contributed by atoms with E-state index in [1.807, 2.05) is 0 Å². The molecule has 0 radical (unpaired) electrons. The first-order valence-corrected chi connectivity index (χ1v) is 9.03. The van der Waals surface area contributed by atoms with Gasteiger partial charge in [-0.25, -0.2) is 0 Å². The molecule has 2 fully saturated rings. The summed E-state index contributed by atoms with van der Waals surface area (Å²) in [5, 5.41) is 3.15. The number of nitrogens with zero attached hydrogens (tertiary/aromatic N) is 1. The SMILES string of the molecule is Nc1c(Cl)cc(NC(=O)CCN2C(=O)[C@H]3CCCC[C@@H]3C2=O)cc1Cl. The molecule has 1 aromatic carbocycles. The average Bonchev–Trinajstić information content (AvgIpc) is 2.82. The molecule has 1 saturated heterocycles. The number of rotatable bonds is 4. The molecule has 0 bridgehead atoms. The predicted octanol–water partition coefficient (Wildman–Crippen LogP) is 3.08. The third kappa shape index (κ3) is 3.60. The fraction of sp³-hybridized carbons (Fsp3) is 0.471. The normalized spacial score (nSPS) is 22.9. The highest BCUT2D eigenvalue weighted by Crippen LogP contribution is 2.38. The molecule has 1 aliphatic heterocycles. The van der Waals surface area contributed by atoms with Gasteiger partial charge in [0.25, 0.3) is 0 Å². The van der Waals surface area contributed by atoms with Crippen molar-refractivity contribution in [2.45, 2.75) is 32.1 Å². The summed E-state index contributed by atoms with van der Waals surface area (Å²) >= 11 is 11.9. The summed E-state index contributed by atoms with van der Waals surface area (Å²) in [5.41, 5.74) is 6.32. The van der Waals surface area contributed by atoms with E-state index >= 15 is 0 Å². The number of imide groups is 1. The van der Waals surface area contributed by atoms with Crippen LogP contribution in [0.5, 0.6) is 0 Å². The first kappa shape index (κ1) is 18.0. The van der Waals surface area contributed by atoms with Crippen molar-refractivity contribution in [1.82, 2.24) is 4.90 Å². The van der Waals surface area contributed by atoms with Crippen molar-refractivity contribution in [3.05, 3.63) is 22.2 Å². The van der Waals surface area contributed by atoms with Crippen LogP contribution in [-0.2, 0) is 14.4 Å². The Bertz CT molecular complexity index is 691. The zero-order chi connectivity index (χ0) is 18.1. The quantitative estimate of drug-likeness (QED) is 0.616. The minimum atomic E-state index is -0.327. The van der Waals surface area contributed by atoms with Gasteiger partial charge in [0.2, 0.25) is 17.7 Å². The van der Waals surface area contributed by atoms with Crippen LogP contribution in [-0.4, -0.2) is 29.2 Å². The second kappa shape index (κ2) is 7.22. The molecule has 8 heteroatoms. The molecule has 3 N–H and O–H groups in total. The number of nitrogen functional groups attached to an aromatic ring is 1. The number of benzene rings is 1. The number of fused-ring (bicyclic) bond motifs is 1. The number of carbonyl (C=O) groups is 3. The molecule has 2 atom stereocenters. The van der Waals surface area contributed by atoms with E-state index in [0.29, 0.717) is 5.69 Å². The molecule has 0 aromatic heterocycles. The maximum Gasteiger partial charge on any atom is 0.233 e. The number of anilines is 2. The summed E-state index contributed by atoms with van der Waals surface area (Å²) < 4.78 is 0. The number of likely N-dealkylation sites (tertiary alicyclic amines) is 1. The van der Waals surface area contributed by atoms with Gasteiger partial charge in [-0.15, -0.1) is 0 Å². The van der Waals surface area contributed by atoms with E-state index < -0.39 is 0 Å². The molecule has 1 heterocycles. The smallest absolute Gasteiger partial charge is 0.233 e. The average molecular weight is 384 g/mol. The summed E-state index contributed by atoms with van der Waals surface area (Å²) in [6.07, 6.45) is 3.51. The topological polar surface area (TPSA) is 92.5 Å². The predicted molar refractivity (Wildman–Crippen MR) is 96.3 cm³/mol. The summed E-state index contributed by atoms with van der Waals surface area (Å²) in [4.78, 5) is 38.1. The molecule has 0 unspecified atom stereocenters. The number of nitrogens with two attached hydrogens (primary N) is 1. The van der Waals surface area contributed by atoms with Crippen molar-refractivity contribution >= 4 is 52.3 Å². The molecular weight excluding hydrogens is 365 g/mol. The number of amides is 3. The summed E-state index contributed by atoms with van der Waals surface area (Å²) in [7, 11) is 0. The van der Waals surface area contributed by atoms with Crippen LogP contribution in [0.25, 0.3) is 0 Å². The monoisotopic (exact) mass is 383 g/mol. The molecule has 1 aliphatic carbocycles. The van der Waals surface area contributed by atoms with Crippen molar-refractivity contribution in [2.75, 3.05) is 17.6 Å². The van der Waals surface area contributed by atoms with E-state index in [1.54, 1.807) is 0 Å². The highest BCUT2D eigenvalue weighted by Gasteiger charge is 2.47. The molecule has 3 amide bonds. The lowest BCUT2D eigenvalue weighted by Gasteiger charge is -2.19. The zero-order valence-electron chi connectivity index (χ0n) is 13.6. The Morgan fingerprint density at radius 1 is 1.12 bits per heavy atom. The Hall–Kier alpha value is -1.79. The lowest BCUT2D eigenvalue weighted by Crippen LogP contribution is -2.34. The van der Waals surface area contributed by atoms with Crippen molar-refractivity contribution in [3.8, 4) is 0 Å². The molecule has 2 aliphatic rings. The molecular formula is C17H19Cl2N3O3. The maximum absolute atomic E-state index is 12.4. The van der Waals surface area contributed by atoms with Gasteiger partial charge in [0.05, 0.1) is 27.6 Å². The highest BCUT2D eigenvalue weighted by molar-refractivity contribution is 6.39. The van der Waals surface area contributed by atoms with E-state index in [0.717, 1.165) is 25.7 Å². The number of nitrogens with one attached hydrogen (secondary N) is 1. The van der Waals surface area contributed by atoms with Gasteiger partial charge in [0, 0.05) is 18.7 Å². The first-order chi connectivity index (χ1) is 11.9. The Balaban J connectivity index is 1.59. The molecule has 3 rings (SSSR count). The van der Waals surface area contributed by atoms with Gasteiger partial charge >= 0.3 is 0 Å². The lowest BCUT2D eigenvalue weighted by molar-refractivity contribution is -0.140. The van der Waals surface area contributed by atoms with Crippen LogP contribution < -0.4 is 11.1 Å². The number of halogens is 2. The van der Waals surface area contributed by atoms with Gasteiger partial charge in [0.15, 0.2) is 0 Å². The maximum atomic E-state index is 12.4. The van der Waals surface area contributed by atoms with Crippen molar-refractivity contribution in [3.63, 3.8) is 0 Å². The summed E-state index contributed by atoms with van der Waals surface area (Å²) in [6.45, 7) is 0.0902. The van der Waals surface area contributed by atoms with Crippen LogP contribution in [0.15, 0.2) is 12.1 Å². The number of hydrogen-bond acceptors (Lipinski definition) is 4. The first-order valence-electron chi connectivity index (χ1n) is 8.28. The van der Waals surface area contributed by atoms with E-state index in [2.05, 4.69) is 5.32 Å². The number of carbonyl (C=O) groups excluding carboxylic acids is 3. The van der Waals surface area contributed by atoms with Crippen LogP contribution in [0, 0.1) is 11.8 Å². The summed E-state index contributed by atoms with van der Waals surface area (Å²) in [5.74, 6) is -0.993. The fourth-order valence-corrected chi connectivity index (χ4v) is 4.03. The van der Waals surface area contributed by atoms with Gasteiger partial charge in [-0.1, -0.05) is 36.0 Å². The van der Waals surface area contributed by atoms with Gasteiger partial charge < -0.3 is 11.1 Å². The third-order valence-electron chi connectivity index (χ3n) is 4.86. The van der Waals surface area contributed by atoms with Crippen molar-refractivity contribution in [2.24, 2.45) is 11.8 Å². The highest BCUT2D eigenvalue weighted by atomic mass is 35.5. The van der Waals surface area contributed by atoms with Crippen LogP contribution >= 0.6 is 23.2 Å². The Kier molecular flexibility index (Phi) is 5.20. The minimum Gasteiger partial charge on any atom is -0.396 e. The Morgan fingerprint density at radius 2 is 1.64 bits per heavy atom. The molecule has 134 valence electrons. The fourth-order valence-electron chi connectivity index (χ4n) is 3.54. The van der Waals surface area contributed by atoms with Gasteiger partial charge in [-0.05, 0) is 25.0 Å². The second-order valence-corrected chi connectivity index (χ2v) is 7.29. The van der Waals surface area contributed by atoms with E-state index in [9.17, 15) is 14.4 Å². The van der Waals surface area contributed by atoms with Crippen molar-refractivity contribution < 1.29 is 14.4 Å². The van der Waals surface area contributed by atoms with Gasteiger partial charge in [-0.3, -0.25) is 19.3 Å². The Morgan fingerprint density at radius 3 is 2.16 bits per heavy atom. The number of hydrogen-bond donors (Lipinski definition) is 2. The van der Waals surface area contributed by atoms with Crippen LogP contribution in [0.1, 0.15) is 32.1 Å². The van der Waals surface area contributed by atoms with Gasteiger partial charge in [-0.2, -0.15) is 0 Å². The van der Waals surface area contributed by atoms with E-state index in [-0.39, 0.29) is 58.3 Å². The minimum absolute atomic E-state index is 0.0243. The van der Waals surface area contributed by atoms with Crippen LogP contribution in [0.4, 0.5) is 11.4 Å². The van der Waals surface area contributed by atoms with Crippen LogP contribution in [0.3, 0.4) is 0 Å². The largest absolute Gasteiger partial charge is 0.396 e. The summed E-state index contributed by atoms with van der Waals surface area (Å²) in [6, 6.07) is 3.00. The standard InChI is InChI=1S/C17H19Cl2N3O3/c18-12-7-9(8-13(19)15(12)20)21-14(23)5-6-22-16(24)10-3-1-2-4-11(10)17(22)25/h7-8,10-11H,1-6,20H2,(H,21,23)/t10-,11-/m0/s1. The van der Waals surface area contributed by atoms with Crippen molar-refractivity contribution in [1.29, 1.82) is 0 Å². The van der Waals surface area contributed by atoms with Gasteiger partial charge in [0.1, 0.15) is 0 Å². The Labute approximate surface area is 155 Å². The molecule has 25 heavy (non-hydrogen) atoms. The molecule has 1 aromatic rings. The molecule has 6 nitrogen and oxygen atoms in total. The zero-order valence-corrected chi connectivity index (χ0v) is 15.1. The third-order valence-corrected chi connectivity index (χ3v) is 5.48. The van der Waals surface area contributed by atoms with Crippen LogP contribution in [0.2, 0.25) is 10.0 Å². The van der Waals surface area contributed by atoms with E-state index in [1.165, 1.54) is 17.0 Å². The second-order valence-electron chi connectivity index (χ2n) is 6.48. The van der Waals surface area contributed by atoms with E-state index in [4.69, 9.17) is 28.9 Å². The molecule has 0 spiro atoms. The lowest BCUT2D eigenvalue weighted by atomic mass is 9.81. The molecule has 1 saturated carbocycles.